The Morgan fingerprint density at radius 2 is 2.11 bits per heavy atom. The summed E-state index contributed by atoms with van der Waals surface area (Å²) in [6.07, 6.45) is 0.152. The first-order valence-electron chi connectivity index (χ1n) is 6.68. The van der Waals surface area contributed by atoms with E-state index in [4.69, 9.17) is 0 Å². The van der Waals surface area contributed by atoms with Gasteiger partial charge in [-0.3, -0.25) is 0 Å². The Kier molecular flexibility index (Phi) is 4.16. The Bertz CT molecular complexity index is 541. The van der Waals surface area contributed by atoms with Crippen LogP contribution >= 0.6 is 0 Å². The van der Waals surface area contributed by atoms with E-state index in [0.29, 0.717) is 13.0 Å². The standard InChI is InChI=1S/C14H21NO3S/c1-3-14(16)12-6-4-5-7-13(12)15-8-9-19(17,18)10-11(15)2/h4-7,11,14,16H,3,8-10H2,1-2H3/t11?,14-/m1/s1. The van der Waals surface area contributed by atoms with Crippen molar-refractivity contribution in [1.29, 1.82) is 0 Å². The second-order valence-electron chi connectivity index (χ2n) is 5.14. The van der Waals surface area contributed by atoms with Crippen molar-refractivity contribution in [2.24, 2.45) is 0 Å². The van der Waals surface area contributed by atoms with Gasteiger partial charge >= 0.3 is 0 Å². The lowest BCUT2D eigenvalue weighted by Crippen LogP contribution is -2.47. The molecule has 2 rings (SSSR count). The molecular formula is C14H21NO3S. The molecule has 1 fully saturated rings. The minimum Gasteiger partial charge on any atom is -0.388 e. The van der Waals surface area contributed by atoms with Gasteiger partial charge in [0, 0.05) is 23.8 Å². The largest absolute Gasteiger partial charge is 0.388 e. The molecule has 0 saturated carbocycles. The fourth-order valence-corrected chi connectivity index (χ4v) is 4.16. The third-order valence-electron chi connectivity index (χ3n) is 3.66. The maximum atomic E-state index is 11.6. The second kappa shape index (κ2) is 5.51. The average Bonchev–Trinajstić information content (AvgIpc) is 2.37. The van der Waals surface area contributed by atoms with Crippen LogP contribution in [0.3, 0.4) is 0 Å². The van der Waals surface area contributed by atoms with E-state index in [1.807, 2.05) is 38.1 Å². The van der Waals surface area contributed by atoms with Crippen molar-refractivity contribution in [3.63, 3.8) is 0 Å². The Hall–Kier alpha value is -1.07. The molecule has 0 bridgehead atoms. The Morgan fingerprint density at radius 3 is 2.74 bits per heavy atom. The molecule has 2 atom stereocenters. The van der Waals surface area contributed by atoms with Crippen molar-refractivity contribution in [2.75, 3.05) is 23.0 Å². The summed E-state index contributed by atoms with van der Waals surface area (Å²) < 4.78 is 23.3. The zero-order valence-corrected chi connectivity index (χ0v) is 12.2. The summed E-state index contributed by atoms with van der Waals surface area (Å²) in [4.78, 5) is 2.09. The minimum atomic E-state index is -2.92. The normalized spacial score (nSPS) is 24.2. The fraction of sp³-hybridized carbons (Fsp3) is 0.571. The van der Waals surface area contributed by atoms with Gasteiger partial charge in [0.15, 0.2) is 9.84 Å². The van der Waals surface area contributed by atoms with Crippen molar-refractivity contribution in [3.8, 4) is 0 Å². The molecule has 0 amide bonds. The first-order chi connectivity index (χ1) is 8.94. The van der Waals surface area contributed by atoms with Crippen LogP contribution in [0.15, 0.2) is 24.3 Å². The molecule has 1 N–H and O–H groups in total. The molecule has 106 valence electrons. The first kappa shape index (κ1) is 14.3. The molecule has 1 heterocycles. The summed E-state index contributed by atoms with van der Waals surface area (Å²) in [5.74, 6) is 0.372. The molecule has 0 radical (unpaired) electrons. The molecule has 4 nitrogen and oxygen atoms in total. The molecule has 1 unspecified atom stereocenters. The fourth-order valence-electron chi connectivity index (χ4n) is 2.61. The Labute approximate surface area is 115 Å². The van der Waals surface area contributed by atoms with E-state index >= 15 is 0 Å². The van der Waals surface area contributed by atoms with Gasteiger partial charge in [-0.05, 0) is 19.4 Å². The number of aliphatic hydroxyl groups is 1. The highest BCUT2D eigenvalue weighted by molar-refractivity contribution is 7.91. The van der Waals surface area contributed by atoms with Crippen LogP contribution in [0.25, 0.3) is 0 Å². The number of anilines is 1. The summed E-state index contributed by atoms with van der Waals surface area (Å²) in [5.41, 5.74) is 1.84. The van der Waals surface area contributed by atoms with E-state index in [-0.39, 0.29) is 17.5 Å². The number of para-hydroxylation sites is 1. The van der Waals surface area contributed by atoms with Crippen LogP contribution in [0.5, 0.6) is 0 Å². The predicted octanol–water partition coefficient (Wildman–Crippen LogP) is 1.75. The Morgan fingerprint density at radius 1 is 1.42 bits per heavy atom. The van der Waals surface area contributed by atoms with E-state index in [0.717, 1.165) is 11.3 Å². The van der Waals surface area contributed by atoms with Gasteiger partial charge in [-0.15, -0.1) is 0 Å². The highest BCUT2D eigenvalue weighted by Gasteiger charge is 2.29. The summed E-state index contributed by atoms with van der Waals surface area (Å²) in [7, 11) is -2.92. The molecule has 0 aromatic heterocycles. The van der Waals surface area contributed by atoms with Crippen molar-refractivity contribution in [1.82, 2.24) is 0 Å². The molecule has 5 heteroatoms. The zero-order chi connectivity index (χ0) is 14.0. The highest BCUT2D eigenvalue weighted by atomic mass is 32.2. The topological polar surface area (TPSA) is 57.6 Å². The summed E-state index contributed by atoms with van der Waals surface area (Å²) in [6, 6.07) is 7.66. The smallest absolute Gasteiger partial charge is 0.154 e. The first-order valence-corrected chi connectivity index (χ1v) is 8.51. The van der Waals surface area contributed by atoms with E-state index in [9.17, 15) is 13.5 Å². The zero-order valence-electron chi connectivity index (χ0n) is 11.4. The minimum absolute atomic E-state index is 0.0519. The van der Waals surface area contributed by atoms with Crippen molar-refractivity contribution >= 4 is 15.5 Å². The number of sulfone groups is 1. The Balaban J connectivity index is 2.32. The van der Waals surface area contributed by atoms with Crippen LogP contribution in [0, 0.1) is 0 Å². The van der Waals surface area contributed by atoms with Gasteiger partial charge in [-0.25, -0.2) is 8.42 Å². The number of hydrogen-bond acceptors (Lipinski definition) is 4. The average molecular weight is 283 g/mol. The van der Waals surface area contributed by atoms with E-state index in [1.165, 1.54) is 0 Å². The van der Waals surface area contributed by atoms with Crippen LogP contribution in [0.1, 0.15) is 31.9 Å². The predicted molar refractivity (Wildman–Crippen MR) is 77.2 cm³/mol. The molecule has 1 aromatic rings. The molecular weight excluding hydrogens is 262 g/mol. The molecule has 19 heavy (non-hydrogen) atoms. The van der Waals surface area contributed by atoms with Gasteiger partial charge in [-0.2, -0.15) is 0 Å². The third kappa shape index (κ3) is 3.09. The number of rotatable bonds is 3. The van der Waals surface area contributed by atoms with Crippen LogP contribution in [0.4, 0.5) is 5.69 Å². The van der Waals surface area contributed by atoms with Gasteiger partial charge in [0.05, 0.1) is 17.6 Å². The van der Waals surface area contributed by atoms with Crippen molar-refractivity contribution in [2.45, 2.75) is 32.4 Å². The number of aliphatic hydroxyl groups excluding tert-OH is 1. The van der Waals surface area contributed by atoms with Crippen molar-refractivity contribution < 1.29 is 13.5 Å². The van der Waals surface area contributed by atoms with Crippen LogP contribution in [-0.4, -0.2) is 37.6 Å². The lowest BCUT2D eigenvalue weighted by Gasteiger charge is -2.36. The lowest BCUT2D eigenvalue weighted by atomic mass is 10.0. The molecule has 0 aliphatic carbocycles. The highest BCUT2D eigenvalue weighted by Crippen LogP contribution is 2.30. The maximum Gasteiger partial charge on any atom is 0.154 e. The van der Waals surface area contributed by atoms with Crippen LogP contribution in [0.2, 0.25) is 0 Å². The number of nitrogens with zero attached hydrogens (tertiary/aromatic N) is 1. The molecule has 1 aromatic carbocycles. The maximum absolute atomic E-state index is 11.6. The quantitative estimate of drug-likeness (QED) is 0.918. The van der Waals surface area contributed by atoms with Crippen LogP contribution < -0.4 is 4.90 Å². The summed E-state index contributed by atoms with van der Waals surface area (Å²) in [6.45, 7) is 4.36. The van der Waals surface area contributed by atoms with E-state index in [1.54, 1.807) is 0 Å². The molecule has 0 spiro atoms. The summed E-state index contributed by atoms with van der Waals surface area (Å²) >= 11 is 0. The van der Waals surface area contributed by atoms with Gasteiger partial charge in [0.1, 0.15) is 0 Å². The number of benzene rings is 1. The molecule has 1 aliphatic heterocycles. The molecule has 1 aliphatic rings. The number of hydrogen-bond donors (Lipinski definition) is 1. The monoisotopic (exact) mass is 283 g/mol. The van der Waals surface area contributed by atoms with Crippen LogP contribution in [-0.2, 0) is 9.84 Å². The van der Waals surface area contributed by atoms with Gasteiger partial charge < -0.3 is 10.0 Å². The SMILES string of the molecule is CC[C@@H](O)c1ccccc1N1CCS(=O)(=O)CC1C. The molecule has 1 saturated heterocycles. The van der Waals surface area contributed by atoms with E-state index < -0.39 is 15.9 Å². The van der Waals surface area contributed by atoms with E-state index in [2.05, 4.69) is 4.90 Å². The van der Waals surface area contributed by atoms with Crippen molar-refractivity contribution in [3.05, 3.63) is 29.8 Å². The lowest BCUT2D eigenvalue weighted by molar-refractivity contribution is 0.174. The summed E-state index contributed by atoms with van der Waals surface area (Å²) in [5, 5.41) is 10.1. The van der Waals surface area contributed by atoms with Gasteiger partial charge in [0.2, 0.25) is 0 Å². The van der Waals surface area contributed by atoms with Gasteiger partial charge in [0.25, 0.3) is 0 Å². The third-order valence-corrected chi connectivity index (χ3v) is 5.46. The van der Waals surface area contributed by atoms with Gasteiger partial charge in [-0.1, -0.05) is 25.1 Å². The second-order valence-corrected chi connectivity index (χ2v) is 7.37.